The molecule has 5 N–H and O–H groups in total. The summed E-state index contributed by atoms with van der Waals surface area (Å²) in [5.41, 5.74) is 13.7. The predicted octanol–water partition coefficient (Wildman–Crippen LogP) is 19.1. The number of fused-ring (bicyclic) bond motifs is 8. The van der Waals surface area contributed by atoms with Gasteiger partial charge in [-0.15, -0.1) is 0 Å². The first-order valence-corrected chi connectivity index (χ1v) is 30.1. The van der Waals surface area contributed by atoms with Crippen molar-refractivity contribution in [1.82, 2.24) is 19.9 Å². The van der Waals surface area contributed by atoms with Crippen LogP contribution in [-0.4, -0.2) is 66.3 Å². The molecule has 11 nitrogen and oxygen atoms in total. The van der Waals surface area contributed by atoms with Gasteiger partial charge in [-0.05, 0) is 132 Å². The van der Waals surface area contributed by atoms with Gasteiger partial charge in [0.25, 0.3) is 0 Å². The first kappa shape index (κ1) is 58.3. The van der Waals surface area contributed by atoms with Crippen molar-refractivity contribution < 1.29 is 29.7 Å². The Kier molecular flexibility index (Phi) is 20.6. The van der Waals surface area contributed by atoms with Crippen LogP contribution in [-0.2, 0) is 0 Å². The molecule has 3 aromatic heterocycles. The number of carboxylic acid groups (broad SMARTS) is 3. The van der Waals surface area contributed by atoms with E-state index in [0.29, 0.717) is 22.6 Å². The van der Waals surface area contributed by atoms with Crippen molar-refractivity contribution in [2.75, 3.05) is 18.0 Å². The van der Waals surface area contributed by atoms with E-state index in [9.17, 15) is 29.7 Å². The lowest BCUT2D eigenvalue weighted by atomic mass is 10.0. The molecule has 0 amide bonds. The van der Waals surface area contributed by atoms with Crippen molar-refractivity contribution in [2.24, 2.45) is 0 Å². The maximum Gasteiger partial charge on any atom is 0.335 e. The summed E-state index contributed by atoms with van der Waals surface area (Å²) in [4.78, 5) is 57.1. The first-order valence-electron chi connectivity index (χ1n) is 30.1. The van der Waals surface area contributed by atoms with Gasteiger partial charge in [0.05, 0.1) is 39.5 Å². The van der Waals surface area contributed by atoms with E-state index >= 15 is 0 Å². The van der Waals surface area contributed by atoms with Gasteiger partial charge in [0, 0.05) is 63.1 Å². The molecule has 9 rings (SSSR count). The summed E-state index contributed by atoms with van der Waals surface area (Å²) in [6.07, 6.45) is 34.0. The van der Waals surface area contributed by atoms with E-state index in [1.807, 2.05) is 66.8 Å². The Morgan fingerprint density at radius 3 is 0.841 bits per heavy atom. The second-order valence-corrected chi connectivity index (χ2v) is 22.0. The van der Waals surface area contributed by atoms with E-state index in [4.69, 9.17) is 9.97 Å². The van der Waals surface area contributed by atoms with Crippen LogP contribution in [0.15, 0.2) is 121 Å². The molecule has 4 aromatic carbocycles. The number of nitrogens with zero attached hydrogens (tertiary/aromatic N) is 3. The van der Waals surface area contributed by atoms with Crippen LogP contribution >= 0.6 is 0 Å². The van der Waals surface area contributed by atoms with Gasteiger partial charge in [-0.3, -0.25) is 0 Å². The molecule has 7 aromatic rings. The molecule has 0 fully saturated rings. The largest absolute Gasteiger partial charge is 0.478 e. The fourth-order valence-corrected chi connectivity index (χ4v) is 11.5. The molecule has 0 spiro atoms. The van der Waals surface area contributed by atoms with E-state index in [-0.39, 0.29) is 16.7 Å². The molecular weight excluding hydrogens is 1020 g/mol. The number of unbranched alkanes of at least 4 members (excludes halogenated alkanes) is 18. The molecule has 0 unspecified atom stereocenters. The third-order valence-corrected chi connectivity index (χ3v) is 16.1. The Labute approximate surface area is 483 Å². The molecule has 0 atom stereocenters. The van der Waals surface area contributed by atoms with Crippen LogP contribution in [0.4, 0.5) is 5.69 Å². The average Bonchev–Trinajstić information content (AvgIpc) is 4.40. The molecular formula is C71H79N5O6. The van der Waals surface area contributed by atoms with Gasteiger partial charge in [0.1, 0.15) is 0 Å². The highest BCUT2D eigenvalue weighted by molar-refractivity contribution is 6.01. The van der Waals surface area contributed by atoms with Crippen LogP contribution < -0.4 is 4.90 Å². The minimum Gasteiger partial charge on any atom is -0.478 e. The topological polar surface area (TPSA) is 172 Å². The van der Waals surface area contributed by atoms with Crippen LogP contribution in [0.25, 0.3) is 90.9 Å². The van der Waals surface area contributed by atoms with Crippen LogP contribution in [0.1, 0.15) is 196 Å². The lowest BCUT2D eigenvalue weighted by molar-refractivity contribution is 0.0686. The molecule has 0 saturated carbocycles. The number of rotatable bonds is 30. The van der Waals surface area contributed by atoms with E-state index in [1.54, 1.807) is 48.5 Å². The average molecular weight is 1100 g/mol. The summed E-state index contributed by atoms with van der Waals surface area (Å²) >= 11 is 0. The number of aromatic amines is 2. The fraction of sp³-hybridized carbons (Fsp3) is 0.338. The molecule has 0 radical (unpaired) electrons. The highest BCUT2D eigenvalue weighted by Gasteiger charge is 2.21. The van der Waals surface area contributed by atoms with Crippen LogP contribution in [0.2, 0.25) is 0 Å². The Morgan fingerprint density at radius 2 is 0.585 bits per heavy atom. The van der Waals surface area contributed by atoms with E-state index < -0.39 is 17.9 Å². The lowest BCUT2D eigenvalue weighted by Crippen LogP contribution is -2.25. The number of aromatic nitrogens is 4. The third-order valence-electron chi connectivity index (χ3n) is 16.1. The van der Waals surface area contributed by atoms with Crippen molar-refractivity contribution in [3.05, 3.63) is 161 Å². The zero-order valence-electron chi connectivity index (χ0n) is 47.8. The number of hydrogen-bond acceptors (Lipinski definition) is 6. The van der Waals surface area contributed by atoms with Gasteiger partial charge >= 0.3 is 17.9 Å². The zero-order valence-corrected chi connectivity index (χ0v) is 47.8. The molecule has 2 aliphatic heterocycles. The minimum atomic E-state index is -1.03. The van der Waals surface area contributed by atoms with Crippen molar-refractivity contribution in [3.8, 4) is 44.5 Å². The SMILES string of the molecule is CCCCCCCCCCCCN(CCCCCCCCCCCC)c1ccc(-c2c3nc(c(-c4ccc(C(=O)O)cc4)c4ccc([nH]4)c(-c4ccc(C(=O)O)cc4)c4nc(c(-c5ccc(C(=O)O)cc5)c5ccc2[nH]5)C=C4)C=C3)cc1. The highest BCUT2D eigenvalue weighted by Crippen LogP contribution is 2.39. The Bertz CT molecular complexity index is 3460. The smallest absolute Gasteiger partial charge is 0.335 e. The Hall–Kier alpha value is -8.31. The molecule has 0 aliphatic carbocycles. The molecule has 8 bridgehead atoms. The molecule has 11 heteroatoms. The number of carbonyl (C=O) groups is 3. The first-order chi connectivity index (χ1) is 40.1. The number of benzene rings is 4. The number of hydrogen-bond donors (Lipinski definition) is 5. The molecule has 424 valence electrons. The van der Waals surface area contributed by atoms with E-state index in [0.717, 1.165) is 92.7 Å². The summed E-state index contributed by atoms with van der Waals surface area (Å²) in [6, 6.07) is 37.4. The maximum absolute atomic E-state index is 12.1. The van der Waals surface area contributed by atoms with Crippen LogP contribution in [0, 0.1) is 0 Å². The summed E-state index contributed by atoms with van der Waals surface area (Å²) < 4.78 is 0. The maximum atomic E-state index is 12.1. The fourth-order valence-electron chi connectivity index (χ4n) is 11.5. The lowest BCUT2D eigenvalue weighted by Gasteiger charge is -2.25. The van der Waals surface area contributed by atoms with Crippen molar-refractivity contribution in [3.63, 3.8) is 0 Å². The molecule has 2 aliphatic rings. The summed E-state index contributed by atoms with van der Waals surface area (Å²) in [7, 11) is 0. The third kappa shape index (κ3) is 14.8. The number of carboxylic acids is 3. The molecule has 5 heterocycles. The van der Waals surface area contributed by atoms with E-state index in [1.165, 1.54) is 121 Å². The predicted molar refractivity (Wildman–Crippen MR) is 337 cm³/mol. The quantitative estimate of drug-likeness (QED) is 0.0275. The normalized spacial score (nSPS) is 11.8. The number of aromatic carboxylic acids is 3. The van der Waals surface area contributed by atoms with Gasteiger partial charge < -0.3 is 30.2 Å². The summed E-state index contributed by atoms with van der Waals surface area (Å²) in [6.45, 7) is 6.59. The van der Waals surface area contributed by atoms with Gasteiger partial charge in [0.15, 0.2) is 0 Å². The summed E-state index contributed by atoms with van der Waals surface area (Å²) in [5.74, 6) is -3.07. The van der Waals surface area contributed by atoms with E-state index in [2.05, 4.69) is 59.0 Å². The second kappa shape index (κ2) is 28.9. The zero-order chi connectivity index (χ0) is 57.2. The van der Waals surface area contributed by atoms with Crippen LogP contribution in [0.5, 0.6) is 0 Å². The van der Waals surface area contributed by atoms with Crippen molar-refractivity contribution in [2.45, 2.75) is 142 Å². The Morgan fingerprint density at radius 1 is 0.341 bits per heavy atom. The van der Waals surface area contributed by atoms with Gasteiger partial charge in [0.2, 0.25) is 0 Å². The number of H-pyrrole nitrogens is 2. The van der Waals surface area contributed by atoms with Crippen molar-refractivity contribution >= 4 is 70.0 Å². The van der Waals surface area contributed by atoms with Crippen molar-refractivity contribution in [1.29, 1.82) is 0 Å². The number of anilines is 1. The molecule has 0 saturated heterocycles. The number of nitrogens with one attached hydrogen (secondary N) is 2. The second-order valence-electron chi connectivity index (χ2n) is 22.0. The van der Waals surface area contributed by atoms with Gasteiger partial charge in [-0.25, -0.2) is 24.4 Å². The minimum absolute atomic E-state index is 0.149. The Balaban J connectivity index is 1.16. The highest BCUT2D eigenvalue weighted by atomic mass is 16.4. The van der Waals surface area contributed by atoms with Gasteiger partial charge in [-0.2, -0.15) is 0 Å². The summed E-state index contributed by atoms with van der Waals surface area (Å²) in [5, 5.41) is 29.7. The van der Waals surface area contributed by atoms with Crippen LogP contribution in [0.3, 0.4) is 0 Å². The molecule has 82 heavy (non-hydrogen) atoms. The standard InChI is InChI=1S/C71H79N5O6/c1-3-5-7-9-11-13-15-17-19-21-47-76(48-22-20-18-16-14-12-10-8-6-4-2)56-37-35-52(36-38-56)68-63-45-43-61(74-63)66(50-25-31-54(32-26-50)70(79)80)59-41-39-57(72-59)65(49-23-29-53(30-24-49)69(77)78)58-40-42-60(73-58)67(62-44-46-64(68)75-62)51-27-33-55(34-28-51)71(81)82/h23-46,72,75H,3-22,47-48H2,1-2H3,(H,77,78)(H,79,80)(H,81,82). The monoisotopic (exact) mass is 1100 g/mol. The van der Waals surface area contributed by atoms with Gasteiger partial charge in [-0.1, -0.05) is 178 Å².